The van der Waals surface area contributed by atoms with Gasteiger partial charge in [-0.2, -0.15) is 0 Å². The summed E-state index contributed by atoms with van der Waals surface area (Å²) in [5.41, 5.74) is 1.08. The molecule has 1 aromatic rings. The molecule has 0 aromatic carbocycles. The zero-order valence-corrected chi connectivity index (χ0v) is 10.7. The van der Waals surface area contributed by atoms with Crippen molar-refractivity contribution < 1.29 is 4.79 Å². The molecule has 3 nitrogen and oxygen atoms in total. The Bertz CT molecular complexity index is 449. The van der Waals surface area contributed by atoms with Gasteiger partial charge in [0.15, 0.2) is 0 Å². The average molecular weight is 244 g/mol. The Kier molecular flexibility index (Phi) is 2.98. The smallest absolute Gasteiger partial charge is 0.270 e. The predicted molar refractivity (Wildman–Crippen MR) is 71.4 cm³/mol. The van der Waals surface area contributed by atoms with Gasteiger partial charge in [-0.3, -0.25) is 4.79 Å². The normalized spacial score (nSPS) is 27.7. The second-order valence-electron chi connectivity index (χ2n) is 5.63. The summed E-state index contributed by atoms with van der Waals surface area (Å²) in [5.74, 6) is 0.161. The zero-order valence-electron chi connectivity index (χ0n) is 10.7. The lowest BCUT2D eigenvalue weighted by molar-refractivity contribution is 0.0480. The Morgan fingerprint density at radius 1 is 1.33 bits per heavy atom. The van der Waals surface area contributed by atoms with E-state index in [0.29, 0.717) is 5.41 Å². The number of aromatic amines is 1. The molecule has 0 saturated carbocycles. The van der Waals surface area contributed by atoms with Crippen molar-refractivity contribution in [1.82, 2.24) is 9.88 Å². The number of rotatable bonds is 1. The molecule has 1 N–H and O–H groups in total. The molecule has 1 atom stereocenters. The minimum Gasteiger partial charge on any atom is -0.357 e. The number of H-pyrrole nitrogens is 1. The Labute approximate surface area is 108 Å². The number of carbonyl (C=O) groups excluding carboxylic acids is 1. The third-order valence-corrected chi connectivity index (χ3v) is 4.34. The molecule has 96 valence electrons. The van der Waals surface area contributed by atoms with Gasteiger partial charge in [-0.15, -0.1) is 0 Å². The van der Waals surface area contributed by atoms with Gasteiger partial charge in [-0.25, -0.2) is 0 Å². The molecule has 2 aliphatic rings. The summed E-state index contributed by atoms with van der Waals surface area (Å²) in [6.45, 7) is 1.83. The van der Waals surface area contributed by atoms with Gasteiger partial charge in [-0.1, -0.05) is 12.2 Å². The highest BCUT2D eigenvalue weighted by molar-refractivity contribution is 5.92. The van der Waals surface area contributed by atoms with E-state index in [4.69, 9.17) is 0 Å². The quantitative estimate of drug-likeness (QED) is 0.757. The number of aromatic nitrogens is 1. The minimum atomic E-state index is 0.161. The first kappa shape index (κ1) is 11.6. The van der Waals surface area contributed by atoms with Crippen LogP contribution < -0.4 is 0 Å². The molecule has 3 heteroatoms. The summed E-state index contributed by atoms with van der Waals surface area (Å²) in [7, 11) is 0. The van der Waals surface area contributed by atoms with Crippen LogP contribution in [-0.4, -0.2) is 28.9 Å². The number of allylic oxidation sites excluding steroid dienone is 2. The molecule has 2 heterocycles. The van der Waals surface area contributed by atoms with Crippen LogP contribution in [0.5, 0.6) is 0 Å². The van der Waals surface area contributed by atoms with Gasteiger partial charge >= 0.3 is 0 Å². The number of hydrogen-bond acceptors (Lipinski definition) is 1. The second-order valence-corrected chi connectivity index (χ2v) is 5.63. The van der Waals surface area contributed by atoms with Crippen molar-refractivity contribution in [3.05, 3.63) is 36.2 Å². The highest BCUT2D eigenvalue weighted by Gasteiger charge is 2.37. The first-order valence-corrected chi connectivity index (χ1v) is 6.87. The SMILES string of the molecule is O=C(c1ccc[nH]1)N1CCCC2(CC=CCC2)C1. The first-order valence-electron chi connectivity index (χ1n) is 6.87. The number of hydrogen-bond donors (Lipinski definition) is 1. The first-order chi connectivity index (χ1) is 8.79. The molecule has 1 unspecified atom stereocenters. The van der Waals surface area contributed by atoms with Crippen molar-refractivity contribution in [2.45, 2.75) is 32.1 Å². The van der Waals surface area contributed by atoms with E-state index in [-0.39, 0.29) is 5.91 Å². The fourth-order valence-electron chi connectivity index (χ4n) is 3.33. The van der Waals surface area contributed by atoms with E-state index in [1.54, 1.807) is 0 Å². The van der Waals surface area contributed by atoms with E-state index >= 15 is 0 Å². The highest BCUT2D eigenvalue weighted by Crippen LogP contribution is 2.40. The van der Waals surface area contributed by atoms with Gasteiger partial charge in [0.1, 0.15) is 5.69 Å². The van der Waals surface area contributed by atoms with Crippen LogP contribution in [0.3, 0.4) is 0 Å². The molecule has 18 heavy (non-hydrogen) atoms. The van der Waals surface area contributed by atoms with Gasteiger partial charge in [-0.05, 0) is 49.7 Å². The van der Waals surface area contributed by atoms with Crippen molar-refractivity contribution in [2.24, 2.45) is 5.41 Å². The average Bonchev–Trinajstić information content (AvgIpc) is 2.93. The lowest BCUT2D eigenvalue weighted by atomic mass is 9.71. The van der Waals surface area contributed by atoms with E-state index in [2.05, 4.69) is 17.1 Å². The van der Waals surface area contributed by atoms with Gasteiger partial charge in [0.2, 0.25) is 0 Å². The third kappa shape index (κ3) is 2.09. The van der Waals surface area contributed by atoms with E-state index in [1.807, 2.05) is 23.2 Å². The lowest BCUT2D eigenvalue weighted by Gasteiger charge is -2.43. The van der Waals surface area contributed by atoms with E-state index in [1.165, 1.54) is 19.3 Å². The van der Waals surface area contributed by atoms with Crippen LogP contribution in [-0.2, 0) is 0 Å². The summed E-state index contributed by atoms with van der Waals surface area (Å²) in [4.78, 5) is 17.4. The molecule has 1 spiro atoms. The Morgan fingerprint density at radius 3 is 3.00 bits per heavy atom. The number of amides is 1. The maximum atomic E-state index is 12.4. The summed E-state index contributed by atoms with van der Waals surface area (Å²) < 4.78 is 0. The van der Waals surface area contributed by atoms with Crippen molar-refractivity contribution >= 4 is 5.91 Å². The zero-order chi connectivity index (χ0) is 12.4. The van der Waals surface area contributed by atoms with Gasteiger partial charge in [0.05, 0.1) is 0 Å². The molecule has 0 radical (unpaired) electrons. The highest BCUT2D eigenvalue weighted by atomic mass is 16.2. The van der Waals surface area contributed by atoms with Crippen LogP contribution in [0.4, 0.5) is 0 Å². The number of carbonyl (C=O) groups is 1. The Morgan fingerprint density at radius 2 is 2.28 bits per heavy atom. The second kappa shape index (κ2) is 4.63. The third-order valence-electron chi connectivity index (χ3n) is 4.34. The summed E-state index contributed by atoms with van der Waals surface area (Å²) in [6, 6.07) is 3.75. The maximum Gasteiger partial charge on any atom is 0.270 e. The molecular weight excluding hydrogens is 224 g/mol. The topological polar surface area (TPSA) is 36.1 Å². The number of nitrogens with zero attached hydrogens (tertiary/aromatic N) is 1. The molecule has 1 aliphatic carbocycles. The van der Waals surface area contributed by atoms with Crippen LogP contribution in [0.25, 0.3) is 0 Å². The van der Waals surface area contributed by atoms with Crippen molar-refractivity contribution in [3.63, 3.8) is 0 Å². The molecule has 0 bridgehead atoms. The lowest BCUT2D eigenvalue weighted by Crippen LogP contribution is -2.46. The largest absolute Gasteiger partial charge is 0.357 e. The van der Waals surface area contributed by atoms with Crippen LogP contribution >= 0.6 is 0 Å². The number of piperidine rings is 1. The van der Waals surface area contributed by atoms with Gasteiger partial charge < -0.3 is 9.88 Å². The van der Waals surface area contributed by atoms with Crippen molar-refractivity contribution in [2.75, 3.05) is 13.1 Å². The standard InChI is InChI=1S/C15H20N2O/c18-14(13-6-4-10-16-13)17-11-5-9-15(12-17)7-2-1-3-8-15/h1-2,4,6,10,16H,3,5,7-9,11-12H2. The fraction of sp³-hybridized carbons (Fsp3) is 0.533. The predicted octanol–water partition coefficient (Wildman–Crippen LogP) is 2.98. The summed E-state index contributed by atoms with van der Waals surface area (Å²) >= 11 is 0. The summed E-state index contributed by atoms with van der Waals surface area (Å²) in [5, 5.41) is 0. The molecule has 1 saturated heterocycles. The molecule has 1 aliphatic heterocycles. The molecule has 1 fully saturated rings. The molecular formula is C15H20N2O. The summed E-state index contributed by atoms with van der Waals surface area (Å²) in [6.07, 6.45) is 12.3. The van der Waals surface area contributed by atoms with Crippen molar-refractivity contribution in [1.29, 1.82) is 0 Å². The molecule has 3 rings (SSSR count). The van der Waals surface area contributed by atoms with Crippen LogP contribution in [0.1, 0.15) is 42.6 Å². The van der Waals surface area contributed by atoms with Crippen LogP contribution in [0.2, 0.25) is 0 Å². The minimum absolute atomic E-state index is 0.161. The van der Waals surface area contributed by atoms with Crippen molar-refractivity contribution in [3.8, 4) is 0 Å². The van der Waals surface area contributed by atoms with Crippen LogP contribution in [0.15, 0.2) is 30.5 Å². The van der Waals surface area contributed by atoms with E-state index < -0.39 is 0 Å². The van der Waals surface area contributed by atoms with Gasteiger partial charge in [0.25, 0.3) is 5.91 Å². The maximum absolute atomic E-state index is 12.4. The fourth-order valence-corrected chi connectivity index (χ4v) is 3.33. The van der Waals surface area contributed by atoms with Crippen LogP contribution in [0, 0.1) is 5.41 Å². The Hall–Kier alpha value is -1.51. The number of likely N-dealkylation sites (tertiary alicyclic amines) is 1. The monoisotopic (exact) mass is 244 g/mol. The van der Waals surface area contributed by atoms with Gasteiger partial charge in [0, 0.05) is 19.3 Å². The molecule has 1 amide bonds. The van der Waals surface area contributed by atoms with E-state index in [0.717, 1.165) is 31.6 Å². The Balaban J connectivity index is 1.74. The number of nitrogens with one attached hydrogen (secondary N) is 1. The van der Waals surface area contributed by atoms with E-state index in [9.17, 15) is 4.79 Å². The molecule has 1 aromatic heterocycles.